The van der Waals surface area contributed by atoms with E-state index in [1.807, 2.05) is 0 Å². The van der Waals surface area contributed by atoms with E-state index in [2.05, 4.69) is 6.07 Å². The van der Waals surface area contributed by atoms with Gasteiger partial charge in [0.15, 0.2) is 0 Å². The molecular weight excluding hydrogens is 207 g/mol. The minimum absolute atomic E-state index is 0.182. The normalized spacial score (nSPS) is 10.6. The average molecular weight is 212 g/mol. The molecule has 0 atom stereocenters. The Bertz CT molecular complexity index is 460. The Balaban J connectivity index is 2.86. The van der Waals surface area contributed by atoms with Crippen LogP contribution in [0.5, 0.6) is 5.75 Å². The van der Waals surface area contributed by atoms with Gasteiger partial charge in [0.05, 0.1) is 5.02 Å². The van der Waals surface area contributed by atoms with Crippen LogP contribution >= 0.6 is 23.2 Å². The Hall–Kier alpha value is -0.920. The number of hydrogen-bond donors (Lipinski definition) is 1. The first kappa shape index (κ1) is 8.67. The summed E-state index contributed by atoms with van der Waals surface area (Å²) in [5.74, 6) is 0.182. The highest BCUT2D eigenvalue weighted by molar-refractivity contribution is 6.38. The van der Waals surface area contributed by atoms with Gasteiger partial charge in [0.2, 0.25) is 0 Å². The number of phenolic OH excluding ortho intramolecular Hbond substituents is 1. The molecule has 3 heteroatoms. The molecule has 1 nitrogen and oxygen atoms in total. The summed E-state index contributed by atoms with van der Waals surface area (Å²) >= 11 is 11.7. The summed E-state index contributed by atoms with van der Waals surface area (Å²) in [6, 6.07) is 9.41. The molecule has 0 unspecified atom stereocenters. The number of phenols is 1. The first-order valence-electron chi connectivity index (χ1n) is 3.67. The molecule has 65 valence electrons. The van der Waals surface area contributed by atoms with Crippen LogP contribution in [0.3, 0.4) is 0 Å². The molecule has 1 radical (unpaired) electrons. The zero-order valence-electron chi connectivity index (χ0n) is 6.51. The van der Waals surface area contributed by atoms with E-state index in [9.17, 15) is 5.11 Å². The second-order valence-corrected chi connectivity index (χ2v) is 3.51. The molecule has 0 saturated carbocycles. The van der Waals surface area contributed by atoms with Crippen molar-refractivity contribution in [3.63, 3.8) is 0 Å². The smallest absolute Gasteiger partial charge is 0.116 e. The van der Waals surface area contributed by atoms with Gasteiger partial charge in [-0.15, -0.1) is 0 Å². The zero-order chi connectivity index (χ0) is 9.42. The molecule has 0 fully saturated rings. The van der Waals surface area contributed by atoms with E-state index in [0.717, 1.165) is 10.8 Å². The molecule has 2 aromatic rings. The van der Waals surface area contributed by atoms with Gasteiger partial charge in [0.1, 0.15) is 5.75 Å². The Morgan fingerprint density at radius 2 is 1.92 bits per heavy atom. The predicted octanol–water partition coefficient (Wildman–Crippen LogP) is 3.65. The van der Waals surface area contributed by atoms with Crippen LogP contribution in [0.1, 0.15) is 0 Å². The Morgan fingerprint density at radius 3 is 2.69 bits per heavy atom. The van der Waals surface area contributed by atoms with Crippen molar-refractivity contribution in [2.24, 2.45) is 0 Å². The summed E-state index contributed by atoms with van der Waals surface area (Å²) in [7, 11) is 0. The summed E-state index contributed by atoms with van der Waals surface area (Å²) in [4.78, 5) is 0. The third-order valence-electron chi connectivity index (χ3n) is 1.77. The van der Waals surface area contributed by atoms with Crippen molar-refractivity contribution in [3.05, 3.63) is 40.4 Å². The van der Waals surface area contributed by atoms with Crippen molar-refractivity contribution in [3.8, 4) is 5.75 Å². The van der Waals surface area contributed by atoms with Crippen LogP contribution in [-0.4, -0.2) is 5.11 Å². The molecule has 0 amide bonds. The fraction of sp³-hybridized carbons (Fsp3) is 0. The third kappa shape index (κ3) is 1.58. The maximum absolute atomic E-state index is 9.21. The minimum Gasteiger partial charge on any atom is -0.508 e. The zero-order valence-corrected chi connectivity index (χ0v) is 8.02. The van der Waals surface area contributed by atoms with Crippen LogP contribution in [-0.2, 0) is 0 Å². The Morgan fingerprint density at radius 1 is 1.15 bits per heavy atom. The molecule has 2 rings (SSSR count). The van der Waals surface area contributed by atoms with Gasteiger partial charge >= 0.3 is 0 Å². The number of fused-ring (bicyclic) bond motifs is 1. The number of hydrogen-bond acceptors (Lipinski definition) is 1. The summed E-state index contributed by atoms with van der Waals surface area (Å²) < 4.78 is 0. The van der Waals surface area contributed by atoms with Gasteiger partial charge in [-0.3, -0.25) is 0 Å². The van der Waals surface area contributed by atoms with Gasteiger partial charge < -0.3 is 5.11 Å². The van der Waals surface area contributed by atoms with E-state index in [1.54, 1.807) is 24.3 Å². The fourth-order valence-electron chi connectivity index (χ4n) is 1.20. The first-order chi connectivity index (χ1) is 6.16. The van der Waals surface area contributed by atoms with Gasteiger partial charge in [0, 0.05) is 16.5 Å². The highest BCUT2D eigenvalue weighted by Gasteiger charge is 2.02. The maximum Gasteiger partial charge on any atom is 0.116 e. The monoisotopic (exact) mass is 211 g/mol. The summed E-state index contributed by atoms with van der Waals surface area (Å²) in [6.45, 7) is 0. The van der Waals surface area contributed by atoms with Crippen molar-refractivity contribution >= 4 is 34.0 Å². The van der Waals surface area contributed by atoms with Gasteiger partial charge in [-0.05, 0) is 29.7 Å². The highest BCUT2D eigenvalue weighted by atomic mass is 35.5. The van der Waals surface area contributed by atoms with Crippen molar-refractivity contribution in [1.82, 2.24) is 0 Å². The minimum atomic E-state index is 0.182. The fourth-order valence-corrected chi connectivity index (χ4v) is 1.74. The molecule has 2 aromatic carbocycles. The van der Waals surface area contributed by atoms with Crippen molar-refractivity contribution < 1.29 is 5.11 Å². The lowest BCUT2D eigenvalue weighted by atomic mass is 10.1. The lowest BCUT2D eigenvalue weighted by Gasteiger charge is -2.01. The first-order valence-corrected chi connectivity index (χ1v) is 4.42. The average Bonchev–Trinajstić information content (AvgIpc) is 2.02. The van der Waals surface area contributed by atoms with E-state index in [-0.39, 0.29) is 5.75 Å². The van der Waals surface area contributed by atoms with Crippen LogP contribution in [0.25, 0.3) is 10.8 Å². The van der Waals surface area contributed by atoms with Crippen molar-refractivity contribution in [2.75, 3.05) is 0 Å². The summed E-state index contributed by atoms with van der Waals surface area (Å²) in [5.41, 5.74) is 0. The lowest BCUT2D eigenvalue weighted by molar-refractivity contribution is 0.476. The van der Waals surface area contributed by atoms with E-state index >= 15 is 0 Å². The lowest BCUT2D eigenvalue weighted by Crippen LogP contribution is -1.75. The second kappa shape index (κ2) is 3.09. The SMILES string of the molecule is Oc1ccc2c(Cl)cc(Cl)[c]c2c1. The van der Waals surface area contributed by atoms with Crippen molar-refractivity contribution in [1.29, 1.82) is 0 Å². The predicted molar refractivity (Wildman–Crippen MR) is 54.5 cm³/mol. The molecule has 0 aliphatic rings. The van der Waals surface area contributed by atoms with E-state index < -0.39 is 0 Å². The van der Waals surface area contributed by atoms with Crippen molar-refractivity contribution in [2.45, 2.75) is 0 Å². The molecule has 0 aliphatic carbocycles. The van der Waals surface area contributed by atoms with E-state index in [1.165, 1.54) is 0 Å². The Kier molecular flexibility index (Phi) is 2.06. The van der Waals surface area contributed by atoms with Crippen LogP contribution < -0.4 is 0 Å². The number of rotatable bonds is 0. The quantitative estimate of drug-likeness (QED) is 0.706. The second-order valence-electron chi connectivity index (χ2n) is 2.70. The largest absolute Gasteiger partial charge is 0.508 e. The third-order valence-corrected chi connectivity index (χ3v) is 2.28. The van der Waals surface area contributed by atoms with Crippen LogP contribution in [0.4, 0.5) is 0 Å². The van der Waals surface area contributed by atoms with Crippen LogP contribution in [0, 0.1) is 6.07 Å². The summed E-state index contributed by atoms with van der Waals surface area (Å²) in [5, 5.41) is 11.8. The summed E-state index contributed by atoms with van der Waals surface area (Å²) in [6.07, 6.45) is 0. The molecule has 0 heterocycles. The van der Waals surface area contributed by atoms with E-state index in [4.69, 9.17) is 23.2 Å². The topological polar surface area (TPSA) is 20.2 Å². The van der Waals surface area contributed by atoms with Gasteiger partial charge in [-0.2, -0.15) is 0 Å². The molecule has 0 saturated heterocycles. The maximum atomic E-state index is 9.21. The molecule has 1 N–H and O–H groups in total. The molecular formula is C10H5Cl2O. The molecule has 0 aromatic heterocycles. The number of benzene rings is 2. The Labute approximate surface area is 85.5 Å². The van der Waals surface area contributed by atoms with Gasteiger partial charge in [-0.25, -0.2) is 0 Å². The van der Waals surface area contributed by atoms with E-state index in [0.29, 0.717) is 10.0 Å². The molecule has 0 aliphatic heterocycles. The van der Waals surface area contributed by atoms with Gasteiger partial charge in [0.25, 0.3) is 0 Å². The highest BCUT2D eigenvalue weighted by Crippen LogP contribution is 2.29. The standard InChI is InChI=1S/C10H5Cl2O/c11-7-3-6-4-8(13)1-2-9(6)10(12)5-7/h1-2,4-5,13H. The van der Waals surface area contributed by atoms with Gasteiger partial charge in [-0.1, -0.05) is 23.2 Å². The van der Waals surface area contributed by atoms with Crippen LogP contribution in [0.2, 0.25) is 10.0 Å². The number of halogens is 2. The number of aromatic hydroxyl groups is 1. The molecule has 13 heavy (non-hydrogen) atoms. The van der Waals surface area contributed by atoms with Crippen LogP contribution in [0.15, 0.2) is 24.3 Å². The molecule has 0 bridgehead atoms. The molecule has 0 spiro atoms.